The van der Waals surface area contributed by atoms with Gasteiger partial charge in [0.15, 0.2) is 24.4 Å². The molecule has 3 aromatic heterocycles. The summed E-state index contributed by atoms with van der Waals surface area (Å²) < 4.78 is 58.1. The summed E-state index contributed by atoms with van der Waals surface area (Å²) in [6.45, 7) is 9.91. The lowest BCUT2D eigenvalue weighted by Gasteiger charge is -2.18. The lowest BCUT2D eigenvalue weighted by atomic mass is 9.98. The van der Waals surface area contributed by atoms with Crippen LogP contribution in [0.15, 0.2) is 93.8 Å². The van der Waals surface area contributed by atoms with Crippen LogP contribution in [0.2, 0.25) is 0 Å². The fourth-order valence-electron chi connectivity index (χ4n) is 5.11. The smallest absolute Gasteiger partial charge is 0.339 e. The Morgan fingerprint density at radius 3 is 1.67 bits per heavy atom. The molecule has 0 radical (unpaired) electrons. The van der Waals surface area contributed by atoms with Crippen molar-refractivity contribution in [1.29, 1.82) is 0 Å². The van der Waals surface area contributed by atoms with E-state index in [1.165, 1.54) is 43.6 Å². The van der Waals surface area contributed by atoms with E-state index in [1.54, 1.807) is 38.5 Å². The molecule has 0 aliphatic carbocycles. The van der Waals surface area contributed by atoms with Crippen LogP contribution in [0.3, 0.4) is 0 Å². The zero-order valence-electron chi connectivity index (χ0n) is 29.8. The van der Waals surface area contributed by atoms with Crippen molar-refractivity contribution < 1.29 is 35.6 Å². The summed E-state index contributed by atoms with van der Waals surface area (Å²) >= 11 is 0. The number of aryl methyl sites for hydroxylation is 1. The summed E-state index contributed by atoms with van der Waals surface area (Å²) in [6.07, 6.45) is 7.11. The molecule has 52 heavy (non-hydrogen) atoms. The van der Waals surface area contributed by atoms with Gasteiger partial charge in [-0.15, -0.1) is 0 Å². The predicted octanol–water partition coefficient (Wildman–Crippen LogP) is 7.77. The fourth-order valence-corrected chi connectivity index (χ4v) is 6.06. The van der Waals surface area contributed by atoms with E-state index in [0.717, 1.165) is 22.3 Å². The molecule has 0 atom stereocenters. The van der Waals surface area contributed by atoms with Gasteiger partial charge in [0.05, 0.1) is 20.4 Å². The number of benzene rings is 3. The highest BCUT2D eigenvalue weighted by Crippen LogP contribution is 2.42. The molecule has 6 aromatic rings. The normalized spacial score (nSPS) is 11.2. The van der Waals surface area contributed by atoms with Crippen LogP contribution < -0.4 is 29.9 Å². The Balaban J connectivity index is 0.000000202. The van der Waals surface area contributed by atoms with Gasteiger partial charge in [0, 0.05) is 22.3 Å². The van der Waals surface area contributed by atoms with Crippen LogP contribution in [0.4, 0.5) is 11.8 Å². The van der Waals surface area contributed by atoms with E-state index in [-0.39, 0.29) is 34.2 Å². The van der Waals surface area contributed by atoms with Crippen molar-refractivity contribution in [3.8, 4) is 51.3 Å². The molecule has 15 heteroatoms. The zero-order chi connectivity index (χ0) is 37.6. The van der Waals surface area contributed by atoms with Crippen LogP contribution >= 0.6 is 0 Å². The Hall–Kier alpha value is -6.09. The summed E-state index contributed by atoms with van der Waals surface area (Å²) in [5.74, 6) is 2.87. The molecule has 4 N–H and O–H groups in total. The van der Waals surface area contributed by atoms with E-state index in [2.05, 4.69) is 33.8 Å². The number of anilines is 2. The van der Waals surface area contributed by atoms with Crippen molar-refractivity contribution in [2.24, 2.45) is 0 Å². The standard InChI is InChI=1S/C20H21NO5S.C17H19N5O3/c1-13(2)16-9-19(24-4)17(18-11-25-12-21-18)10-20(16)26-27(22,23)15-7-5-14(3)6-8-15;1-9(2)10-4-13(23-3)11(12-7-24-8-21-12)5-14(10)25-15-6-20-17(19)22-16(15)18/h5-13H,1-4H3;4-9H,1-3H3,(H4,18,19,20,22). The molecule has 272 valence electrons. The van der Waals surface area contributed by atoms with E-state index >= 15 is 0 Å². The molecule has 14 nitrogen and oxygen atoms in total. The second-order valence-electron chi connectivity index (χ2n) is 12.2. The lowest BCUT2D eigenvalue weighted by Crippen LogP contribution is -2.12. The van der Waals surface area contributed by atoms with Crippen molar-refractivity contribution in [2.75, 3.05) is 25.7 Å². The topological polar surface area (TPSA) is 201 Å². The highest BCUT2D eigenvalue weighted by Gasteiger charge is 2.23. The molecule has 0 aliphatic rings. The quantitative estimate of drug-likeness (QED) is 0.122. The molecule has 0 bridgehead atoms. The minimum Gasteiger partial charge on any atom is -0.496 e. The third kappa shape index (κ3) is 8.43. The van der Waals surface area contributed by atoms with Gasteiger partial charge in [-0.1, -0.05) is 45.4 Å². The number of methoxy groups -OCH3 is 2. The number of rotatable bonds is 11. The van der Waals surface area contributed by atoms with Gasteiger partial charge in [-0.2, -0.15) is 13.4 Å². The molecule has 0 saturated heterocycles. The largest absolute Gasteiger partial charge is 0.496 e. The molecule has 6 rings (SSSR count). The van der Waals surface area contributed by atoms with E-state index < -0.39 is 10.1 Å². The summed E-state index contributed by atoms with van der Waals surface area (Å²) in [6, 6.07) is 13.7. The SMILES string of the molecule is COc1cc(C(C)C)c(OS(=O)(=O)c2ccc(C)cc2)cc1-c1cocn1.COc1cc(C(C)C)c(Oc2cnc(N)nc2N)cc1-c1cocn1. The Morgan fingerprint density at radius 1 is 0.692 bits per heavy atom. The first-order chi connectivity index (χ1) is 24.8. The van der Waals surface area contributed by atoms with E-state index in [1.807, 2.05) is 32.9 Å². The summed E-state index contributed by atoms with van der Waals surface area (Å²) in [5.41, 5.74) is 16.5. The minimum absolute atomic E-state index is 0.0217. The lowest BCUT2D eigenvalue weighted by molar-refractivity contribution is 0.412. The molecule has 0 aliphatic heterocycles. The number of hydrogen-bond donors (Lipinski definition) is 2. The van der Waals surface area contributed by atoms with Gasteiger partial charge in [-0.3, -0.25) is 0 Å². The molecule has 0 saturated carbocycles. The fraction of sp³-hybridized carbons (Fsp3) is 0.243. The highest BCUT2D eigenvalue weighted by molar-refractivity contribution is 7.87. The molecule has 0 spiro atoms. The Morgan fingerprint density at radius 2 is 1.21 bits per heavy atom. The highest BCUT2D eigenvalue weighted by atomic mass is 32.2. The van der Waals surface area contributed by atoms with Gasteiger partial charge in [0.25, 0.3) is 0 Å². The molecule has 0 unspecified atom stereocenters. The first-order valence-corrected chi connectivity index (χ1v) is 17.5. The average molecular weight is 729 g/mol. The van der Waals surface area contributed by atoms with Crippen molar-refractivity contribution in [1.82, 2.24) is 19.9 Å². The monoisotopic (exact) mass is 728 g/mol. The average Bonchev–Trinajstić information content (AvgIpc) is 3.85. The third-order valence-electron chi connectivity index (χ3n) is 7.85. The summed E-state index contributed by atoms with van der Waals surface area (Å²) in [7, 11) is -0.821. The van der Waals surface area contributed by atoms with Gasteiger partial charge >= 0.3 is 10.1 Å². The first-order valence-electron chi connectivity index (χ1n) is 16.1. The van der Waals surface area contributed by atoms with Crippen LogP contribution in [0.25, 0.3) is 22.5 Å². The number of ether oxygens (including phenoxy) is 3. The van der Waals surface area contributed by atoms with E-state index in [4.69, 9.17) is 38.7 Å². The molecule has 0 fully saturated rings. The molecule has 0 amide bonds. The van der Waals surface area contributed by atoms with E-state index in [9.17, 15) is 8.42 Å². The third-order valence-corrected chi connectivity index (χ3v) is 9.10. The second-order valence-corrected chi connectivity index (χ2v) is 13.7. The Bertz CT molecular complexity index is 2220. The zero-order valence-corrected chi connectivity index (χ0v) is 30.6. The Kier molecular flexibility index (Phi) is 11.3. The maximum atomic E-state index is 12.8. The van der Waals surface area contributed by atoms with Gasteiger partial charge in [0.2, 0.25) is 5.95 Å². The van der Waals surface area contributed by atoms with Crippen molar-refractivity contribution in [3.05, 3.63) is 96.7 Å². The number of nitrogens with zero attached hydrogens (tertiary/aromatic N) is 4. The number of aromatic nitrogens is 4. The van der Waals surface area contributed by atoms with Crippen LogP contribution in [-0.2, 0) is 10.1 Å². The van der Waals surface area contributed by atoms with Crippen LogP contribution in [0, 0.1) is 6.92 Å². The van der Waals surface area contributed by atoms with Crippen LogP contribution in [-0.4, -0.2) is 42.6 Å². The minimum atomic E-state index is -3.98. The first kappa shape index (κ1) is 37.2. The van der Waals surface area contributed by atoms with Gasteiger partial charge in [-0.05, 0) is 55.2 Å². The van der Waals surface area contributed by atoms with Crippen molar-refractivity contribution in [2.45, 2.75) is 51.3 Å². The second kappa shape index (κ2) is 15.9. The number of nitrogen functional groups attached to an aromatic ring is 2. The molecule has 3 heterocycles. The maximum absolute atomic E-state index is 12.8. The molecular formula is C37H40N6O8S. The number of nitrogens with two attached hydrogens (primary N) is 2. The molecule has 3 aromatic carbocycles. The predicted molar refractivity (Wildman–Crippen MR) is 195 cm³/mol. The number of hydrogen-bond acceptors (Lipinski definition) is 14. The van der Waals surface area contributed by atoms with Crippen molar-refractivity contribution >= 4 is 21.9 Å². The Labute approximate surface area is 301 Å². The van der Waals surface area contributed by atoms with E-state index in [0.29, 0.717) is 39.9 Å². The van der Waals surface area contributed by atoms with Crippen LogP contribution in [0.1, 0.15) is 56.2 Å². The van der Waals surface area contributed by atoms with Gasteiger partial charge < -0.3 is 38.7 Å². The van der Waals surface area contributed by atoms with Crippen molar-refractivity contribution in [3.63, 3.8) is 0 Å². The van der Waals surface area contributed by atoms with Gasteiger partial charge in [-0.25, -0.2) is 15.0 Å². The number of oxazole rings is 2. The van der Waals surface area contributed by atoms with Gasteiger partial charge in [0.1, 0.15) is 51.8 Å². The van der Waals surface area contributed by atoms with Crippen LogP contribution in [0.5, 0.6) is 28.7 Å². The summed E-state index contributed by atoms with van der Waals surface area (Å²) in [4.78, 5) is 16.2. The molecular weight excluding hydrogens is 689 g/mol. The maximum Gasteiger partial charge on any atom is 0.339 e. The summed E-state index contributed by atoms with van der Waals surface area (Å²) in [5, 5.41) is 0.